The van der Waals surface area contributed by atoms with Gasteiger partial charge in [-0.15, -0.1) is 0 Å². The van der Waals surface area contributed by atoms with E-state index in [4.69, 9.17) is 14.7 Å². The van der Waals surface area contributed by atoms with Crippen LogP contribution in [-0.4, -0.2) is 51.1 Å². The Bertz CT molecular complexity index is 1250. The molecule has 3 aromatic heterocycles. The normalized spacial score (nSPS) is 16.7. The summed E-state index contributed by atoms with van der Waals surface area (Å²) in [4.78, 5) is 12.1. The number of nitrogens with one attached hydrogen (secondary N) is 1. The lowest BCUT2D eigenvalue weighted by Gasteiger charge is -2.35. The third-order valence-corrected chi connectivity index (χ3v) is 5.93. The number of aryl methyl sites for hydroxylation is 2. The Hall–Kier alpha value is -3.45. The molecule has 0 aliphatic carbocycles. The lowest BCUT2D eigenvalue weighted by atomic mass is 9.94. The van der Waals surface area contributed by atoms with Crippen LogP contribution in [0.25, 0.3) is 33.4 Å². The minimum Gasteiger partial charge on any atom is -0.508 e. The van der Waals surface area contributed by atoms with Crippen LogP contribution >= 0.6 is 0 Å². The summed E-state index contributed by atoms with van der Waals surface area (Å²) in [6.45, 7) is 8.37. The number of phenolic OH excluding ortho intramolecular Hbond substituents is 1. The molecule has 7 nitrogen and oxygen atoms in total. The summed E-state index contributed by atoms with van der Waals surface area (Å²) >= 11 is 0. The molecule has 1 fully saturated rings. The van der Waals surface area contributed by atoms with Crippen LogP contribution in [0.2, 0.25) is 0 Å². The number of fused-ring (bicyclic) bond motifs is 1. The Labute approximate surface area is 180 Å². The number of ether oxygens (including phenoxy) is 1. The van der Waals surface area contributed by atoms with Crippen molar-refractivity contribution in [3.8, 4) is 28.3 Å². The van der Waals surface area contributed by atoms with Crippen LogP contribution in [0.15, 0.2) is 42.7 Å². The predicted molar refractivity (Wildman–Crippen MR) is 121 cm³/mol. The number of pyridine rings is 2. The average molecular weight is 415 g/mol. The van der Waals surface area contributed by atoms with Crippen molar-refractivity contribution in [3.63, 3.8) is 0 Å². The zero-order valence-corrected chi connectivity index (χ0v) is 17.9. The van der Waals surface area contributed by atoms with Crippen molar-refractivity contribution in [2.75, 3.05) is 24.7 Å². The van der Waals surface area contributed by atoms with Gasteiger partial charge in [-0.1, -0.05) is 6.07 Å². The number of benzene rings is 1. The van der Waals surface area contributed by atoms with Gasteiger partial charge in [-0.3, -0.25) is 10.1 Å². The number of phenols is 1. The second-order valence-corrected chi connectivity index (χ2v) is 8.13. The van der Waals surface area contributed by atoms with E-state index >= 15 is 0 Å². The highest BCUT2D eigenvalue weighted by Gasteiger charge is 2.24. The van der Waals surface area contributed by atoms with Gasteiger partial charge in [0.2, 0.25) is 0 Å². The lowest BCUT2D eigenvalue weighted by molar-refractivity contribution is 0.0986. The summed E-state index contributed by atoms with van der Waals surface area (Å²) in [6.07, 6.45) is 3.61. The molecule has 0 bridgehead atoms. The van der Waals surface area contributed by atoms with Gasteiger partial charge in [-0.2, -0.15) is 5.10 Å². The van der Waals surface area contributed by atoms with E-state index in [1.807, 2.05) is 25.3 Å². The molecule has 0 spiro atoms. The maximum atomic E-state index is 9.96. The quantitative estimate of drug-likeness (QED) is 0.521. The number of nitrogens with zero attached hydrogens (tertiary/aromatic N) is 4. The van der Waals surface area contributed by atoms with Crippen LogP contribution in [0.5, 0.6) is 5.75 Å². The highest BCUT2D eigenvalue weighted by molar-refractivity contribution is 6.03. The number of aromatic hydroxyl groups is 1. The fraction of sp³-hybridized carbons (Fsp3) is 0.292. The van der Waals surface area contributed by atoms with E-state index in [1.54, 1.807) is 18.3 Å². The molecule has 0 unspecified atom stereocenters. The van der Waals surface area contributed by atoms with E-state index in [-0.39, 0.29) is 11.8 Å². The minimum atomic E-state index is 0.223. The molecule has 158 valence electrons. The zero-order chi connectivity index (χ0) is 21.5. The molecular formula is C24H25N5O2. The van der Waals surface area contributed by atoms with Gasteiger partial charge >= 0.3 is 0 Å². The maximum absolute atomic E-state index is 9.96. The highest BCUT2D eigenvalue weighted by Crippen LogP contribution is 2.39. The van der Waals surface area contributed by atoms with Crippen LogP contribution in [0, 0.1) is 13.8 Å². The lowest BCUT2D eigenvalue weighted by Crippen LogP contribution is -2.44. The summed E-state index contributed by atoms with van der Waals surface area (Å²) in [5, 5.41) is 18.2. The summed E-state index contributed by atoms with van der Waals surface area (Å²) < 4.78 is 5.65. The monoisotopic (exact) mass is 415 g/mol. The Balaban J connectivity index is 1.84. The number of H-pyrrole nitrogens is 1. The van der Waals surface area contributed by atoms with Gasteiger partial charge in [0.15, 0.2) is 0 Å². The number of anilines is 1. The SMILES string of the molecule is Cc1cc(O)ccc1-c1cc(N2CCOC[C@H]2C)nc2c(-c3ccn[nH]3)ncc(C)c12. The van der Waals surface area contributed by atoms with Crippen molar-refractivity contribution in [3.05, 3.63) is 53.9 Å². The predicted octanol–water partition coefficient (Wildman–Crippen LogP) is 4.23. The number of morpholine rings is 1. The van der Waals surface area contributed by atoms with Gasteiger partial charge in [0.25, 0.3) is 0 Å². The summed E-state index contributed by atoms with van der Waals surface area (Å²) in [6, 6.07) is 9.80. The Morgan fingerprint density at radius 1 is 1.13 bits per heavy atom. The first-order valence-electron chi connectivity index (χ1n) is 10.5. The minimum absolute atomic E-state index is 0.223. The summed E-state index contributed by atoms with van der Waals surface area (Å²) in [5.41, 5.74) is 6.65. The zero-order valence-electron chi connectivity index (χ0n) is 17.9. The largest absolute Gasteiger partial charge is 0.508 e. The third-order valence-electron chi connectivity index (χ3n) is 5.93. The summed E-state index contributed by atoms with van der Waals surface area (Å²) in [7, 11) is 0. The van der Waals surface area contributed by atoms with Crippen LogP contribution < -0.4 is 4.90 Å². The fourth-order valence-electron chi connectivity index (χ4n) is 4.35. The van der Waals surface area contributed by atoms with Gasteiger partial charge in [0.1, 0.15) is 22.8 Å². The van der Waals surface area contributed by atoms with Crippen LogP contribution in [0.4, 0.5) is 5.82 Å². The molecule has 1 atom stereocenters. The molecule has 0 radical (unpaired) electrons. The molecule has 7 heteroatoms. The fourth-order valence-corrected chi connectivity index (χ4v) is 4.35. The number of hydrogen-bond acceptors (Lipinski definition) is 6. The molecule has 1 aliphatic rings. The topological polar surface area (TPSA) is 87.2 Å². The number of hydrogen-bond donors (Lipinski definition) is 2. The van der Waals surface area contributed by atoms with Crippen molar-refractivity contribution in [1.29, 1.82) is 0 Å². The second-order valence-electron chi connectivity index (χ2n) is 8.13. The summed E-state index contributed by atoms with van der Waals surface area (Å²) in [5.74, 6) is 1.16. The van der Waals surface area contributed by atoms with Gasteiger partial charge in [-0.25, -0.2) is 4.98 Å². The molecular weight excluding hydrogens is 390 g/mol. The third kappa shape index (κ3) is 3.41. The van der Waals surface area contributed by atoms with Crippen molar-refractivity contribution in [2.45, 2.75) is 26.8 Å². The number of rotatable bonds is 3. The first kappa shape index (κ1) is 19.5. The molecule has 1 aliphatic heterocycles. The maximum Gasteiger partial charge on any atom is 0.130 e. The molecule has 0 saturated carbocycles. The van der Waals surface area contributed by atoms with E-state index in [0.29, 0.717) is 13.2 Å². The second kappa shape index (κ2) is 7.67. The first-order chi connectivity index (χ1) is 15.0. The van der Waals surface area contributed by atoms with Gasteiger partial charge in [-0.05, 0) is 67.3 Å². The molecule has 5 rings (SSSR count). The smallest absolute Gasteiger partial charge is 0.130 e. The Kier molecular flexibility index (Phi) is 4.82. The molecule has 2 N–H and O–H groups in total. The molecule has 4 aromatic rings. The van der Waals surface area contributed by atoms with Crippen LogP contribution in [0.3, 0.4) is 0 Å². The highest BCUT2D eigenvalue weighted by atomic mass is 16.5. The van der Waals surface area contributed by atoms with Crippen molar-refractivity contribution >= 4 is 16.7 Å². The van der Waals surface area contributed by atoms with Crippen molar-refractivity contribution in [1.82, 2.24) is 20.2 Å². The molecule has 31 heavy (non-hydrogen) atoms. The van der Waals surface area contributed by atoms with E-state index < -0.39 is 0 Å². The first-order valence-corrected chi connectivity index (χ1v) is 10.5. The molecule has 1 aromatic carbocycles. The van der Waals surface area contributed by atoms with E-state index in [1.165, 1.54) is 0 Å². The Morgan fingerprint density at radius 2 is 2.00 bits per heavy atom. The molecule has 4 heterocycles. The van der Waals surface area contributed by atoms with Gasteiger partial charge < -0.3 is 14.7 Å². The van der Waals surface area contributed by atoms with Gasteiger partial charge in [0, 0.05) is 24.3 Å². The van der Waals surface area contributed by atoms with Gasteiger partial charge in [0.05, 0.1) is 24.9 Å². The van der Waals surface area contributed by atoms with E-state index in [2.05, 4.69) is 35.0 Å². The number of aromatic nitrogens is 4. The standard InChI is InChI=1S/C24H25N5O2/c1-14-10-17(30)4-5-18(14)19-11-21(29-8-9-31-13-16(29)3)27-24-22(19)15(2)12-25-23(24)20-6-7-26-28-20/h4-7,10-12,16,30H,8-9,13H2,1-3H3,(H,26,28)/t16-/m1/s1. The Morgan fingerprint density at radius 3 is 2.74 bits per heavy atom. The average Bonchev–Trinajstić information content (AvgIpc) is 3.28. The van der Waals surface area contributed by atoms with Crippen LogP contribution in [0.1, 0.15) is 18.1 Å². The molecule has 1 saturated heterocycles. The van der Waals surface area contributed by atoms with E-state index in [0.717, 1.165) is 56.9 Å². The van der Waals surface area contributed by atoms with E-state index in [9.17, 15) is 5.11 Å². The molecule has 0 amide bonds. The van der Waals surface area contributed by atoms with Crippen LogP contribution in [-0.2, 0) is 4.74 Å². The number of aromatic amines is 1. The van der Waals surface area contributed by atoms with Crippen molar-refractivity contribution < 1.29 is 9.84 Å². The van der Waals surface area contributed by atoms with Crippen molar-refractivity contribution in [2.24, 2.45) is 0 Å².